The molecule has 0 N–H and O–H groups in total. The Morgan fingerprint density at radius 1 is 1.13 bits per heavy atom. The number of amides is 1. The van der Waals surface area contributed by atoms with Gasteiger partial charge in [-0.25, -0.2) is 18.7 Å². The van der Waals surface area contributed by atoms with Crippen molar-refractivity contribution in [2.24, 2.45) is 7.05 Å². The number of carbonyl (C=O) groups excluding carboxylic acids is 1. The molecule has 2 bridgehead atoms. The molecule has 2 unspecified atom stereocenters. The van der Waals surface area contributed by atoms with Gasteiger partial charge in [-0.15, -0.1) is 0 Å². The fourth-order valence-electron chi connectivity index (χ4n) is 4.58. The molecule has 5 rings (SSSR count). The lowest BCUT2D eigenvalue weighted by Crippen LogP contribution is -2.57. The zero-order valence-corrected chi connectivity index (χ0v) is 18.1. The summed E-state index contributed by atoms with van der Waals surface area (Å²) in [5, 5.41) is 8.35. The minimum atomic E-state index is -0.546. The lowest BCUT2D eigenvalue weighted by Gasteiger charge is -2.42. The van der Waals surface area contributed by atoms with E-state index < -0.39 is 11.4 Å². The molecule has 0 aromatic carbocycles. The molecule has 2 saturated heterocycles. The first-order valence-electron chi connectivity index (χ1n) is 10.5. The second kappa shape index (κ2) is 6.93. The number of hydrogen-bond donors (Lipinski definition) is 0. The minimum Gasteiger partial charge on any atom is -0.444 e. The molecule has 2 aliphatic heterocycles. The fourth-order valence-corrected chi connectivity index (χ4v) is 4.58. The summed E-state index contributed by atoms with van der Waals surface area (Å²) < 4.78 is 23.9. The molecule has 5 heterocycles. The fraction of sp³-hybridized carbons (Fsp3) is 0.524. The normalized spacial score (nSPS) is 21.2. The monoisotopic (exact) mass is 427 g/mol. The summed E-state index contributed by atoms with van der Waals surface area (Å²) in [7, 11) is 1.84. The number of nitrogens with zero attached hydrogens (tertiary/aromatic N) is 7. The number of piperazine rings is 1. The highest BCUT2D eigenvalue weighted by Gasteiger charge is 2.45. The molecular weight excluding hydrogens is 401 g/mol. The van der Waals surface area contributed by atoms with Gasteiger partial charge in [0.1, 0.15) is 11.3 Å². The first kappa shape index (κ1) is 19.8. The van der Waals surface area contributed by atoms with Gasteiger partial charge in [0, 0.05) is 31.9 Å². The van der Waals surface area contributed by atoms with Gasteiger partial charge < -0.3 is 9.64 Å². The third kappa shape index (κ3) is 3.49. The van der Waals surface area contributed by atoms with Crippen LogP contribution in [0.3, 0.4) is 0 Å². The van der Waals surface area contributed by atoms with Crippen molar-refractivity contribution in [2.45, 2.75) is 51.3 Å². The summed E-state index contributed by atoms with van der Waals surface area (Å²) >= 11 is 0. The van der Waals surface area contributed by atoms with Crippen LogP contribution < -0.4 is 4.90 Å². The molecule has 10 heteroatoms. The molecular formula is C21H26FN7O2. The maximum atomic E-state index is 15.0. The van der Waals surface area contributed by atoms with Gasteiger partial charge in [-0.1, -0.05) is 0 Å². The number of imidazole rings is 1. The Kier molecular flexibility index (Phi) is 4.42. The van der Waals surface area contributed by atoms with E-state index in [9.17, 15) is 9.18 Å². The van der Waals surface area contributed by atoms with Crippen LogP contribution in [0.5, 0.6) is 0 Å². The van der Waals surface area contributed by atoms with Gasteiger partial charge in [-0.3, -0.25) is 9.58 Å². The lowest BCUT2D eigenvalue weighted by atomic mass is 10.1. The molecule has 31 heavy (non-hydrogen) atoms. The van der Waals surface area contributed by atoms with Gasteiger partial charge in [0.15, 0.2) is 11.5 Å². The number of aryl methyl sites for hydroxylation is 1. The lowest BCUT2D eigenvalue weighted by molar-refractivity contribution is 0.0123. The van der Waals surface area contributed by atoms with Crippen molar-refractivity contribution in [1.29, 1.82) is 0 Å². The van der Waals surface area contributed by atoms with E-state index in [-0.39, 0.29) is 18.2 Å². The van der Waals surface area contributed by atoms with E-state index in [4.69, 9.17) is 4.74 Å². The Labute approximate surface area is 179 Å². The highest BCUT2D eigenvalue weighted by atomic mass is 19.1. The number of rotatable bonds is 2. The van der Waals surface area contributed by atoms with Crippen LogP contribution in [-0.2, 0) is 11.8 Å². The van der Waals surface area contributed by atoms with Crippen LogP contribution in [0, 0.1) is 5.82 Å². The van der Waals surface area contributed by atoms with E-state index in [2.05, 4.69) is 15.2 Å². The predicted molar refractivity (Wildman–Crippen MR) is 112 cm³/mol. The van der Waals surface area contributed by atoms with Crippen molar-refractivity contribution in [1.82, 2.24) is 29.3 Å². The van der Waals surface area contributed by atoms with E-state index in [1.807, 2.05) is 43.8 Å². The number of aromatic nitrogens is 5. The molecule has 3 aromatic heterocycles. The second-order valence-electron chi connectivity index (χ2n) is 9.32. The van der Waals surface area contributed by atoms with Crippen LogP contribution in [0.1, 0.15) is 33.6 Å². The van der Waals surface area contributed by atoms with E-state index in [0.29, 0.717) is 30.1 Å². The summed E-state index contributed by atoms with van der Waals surface area (Å²) in [5.41, 5.74) is 1.86. The summed E-state index contributed by atoms with van der Waals surface area (Å²) in [5.74, 6) is -0.416. The molecule has 1 amide bonds. The summed E-state index contributed by atoms with van der Waals surface area (Å²) in [6.45, 7) is 6.65. The van der Waals surface area contributed by atoms with Crippen LogP contribution in [0.15, 0.2) is 24.8 Å². The number of carbonyl (C=O) groups is 1. The highest BCUT2D eigenvalue weighted by Crippen LogP contribution is 2.36. The molecule has 2 aliphatic rings. The van der Waals surface area contributed by atoms with Crippen molar-refractivity contribution < 1.29 is 13.9 Å². The van der Waals surface area contributed by atoms with Gasteiger partial charge in [0.2, 0.25) is 0 Å². The summed E-state index contributed by atoms with van der Waals surface area (Å²) in [6, 6.07) is -0.0389. The van der Waals surface area contributed by atoms with Gasteiger partial charge in [-0.05, 0) is 33.6 Å². The third-order valence-corrected chi connectivity index (χ3v) is 5.82. The topological polar surface area (TPSA) is 80.8 Å². The molecule has 0 saturated carbocycles. The molecule has 164 valence electrons. The summed E-state index contributed by atoms with van der Waals surface area (Å²) in [4.78, 5) is 21.2. The van der Waals surface area contributed by atoms with E-state index in [0.717, 1.165) is 18.4 Å². The predicted octanol–water partition coefficient (Wildman–Crippen LogP) is 2.86. The molecule has 0 radical (unpaired) electrons. The van der Waals surface area contributed by atoms with Crippen molar-refractivity contribution in [3.8, 4) is 11.3 Å². The number of fused-ring (bicyclic) bond motifs is 3. The molecule has 0 spiro atoms. The van der Waals surface area contributed by atoms with E-state index >= 15 is 0 Å². The average molecular weight is 427 g/mol. The number of ether oxygens (including phenoxy) is 1. The van der Waals surface area contributed by atoms with Crippen LogP contribution in [0.4, 0.5) is 14.9 Å². The quantitative estimate of drug-likeness (QED) is 0.626. The van der Waals surface area contributed by atoms with Crippen molar-refractivity contribution in [2.75, 3.05) is 18.0 Å². The highest BCUT2D eigenvalue weighted by molar-refractivity contribution is 5.75. The molecule has 9 nitrogen and oxygen atoms in total. The SMILES string of the molecule is Cn1cc(-c2cn3ncc(F)c(N4CC5CCC(C4)N5C(=O)OC(C)(C)C)c3n2)cn1. The third-order valence-electron chi connectivity index (χ3n) is 5.82. The van der Waals surface area contributed by atoms with Crippen LogP contribution in [0.2, 0.25) is 0 Å². The smallest absolute Gasteiger partial charge is 0.410 e. The molecule has 3 aromatic rings. The number of halogens is 1. The van der Waals surface area contributed by atoms with Crippen LogP contribution >= 0.6 is 0 Å². The average Bonchev–Trinajstić information content (AvgIpc) is 3.36. The Hall–Kier alpha value is -3.17. The Morgan fingerprint density at radius 3 is 2.45 bits per heavy atom. The Bertz CT molecular complexity index is 1130. The van der Waals surface area contributed by atoms with E-state index in [1.54, 1.807) is 21.6 Å². The van der Waals surface area contributed by atoms with Gasteiger partial charge in [-0.2, -0.15) is 10.2 Å². The minimum absolute atomic E-state index is 0.0195. The van der Waals surface area contributed by atoms with E-state index in [1.165, 1.54) is 6.20 Å². The maximum absolute atomic E-state index is 15.0. The summed E-state index contributed by atoms with van der Waals surface area (Å²) in [6.07, 6.45) is 8.03. The number of anilines is 1. The molecule has 2 fully saturated rings. The van der Waals surface area contributed by atoms with Crippen LogP contribution in [0.25, 0.3) is 16.9 Å². The van der Waals surface area contributed by atoms with Gasteiger partial charge in [0.05, 0.1) is 36.4 Å². The zero-order valence-electron chi connectivity index (χ0n) is 18.1. The first-order valence-corrected chi connectivity index (χ1v) is 10.5. The zero-order chi connectivity index (χ0) is 21.9. The largest absolute Gasteiger partial charge is 0.444 e. The van der Waals surface area contributed by atoms with Crippen LogP contribution in [-0.4, -0.2) is 66.1 Å². The van der Waals surface area contributed by atoms with Crippen molar-refractivity contribution in [3.05, 3.63) is 30.6 Å². The number of hydrogen-bond acceptors (Lipinski definition) is 6. The standard InChI is InChI=1S/C21H26FN7O2/c1-21(2,3)31-20(30)29-14-5-6-15(29)11-27(10-14)18-16(22)8-24-28-12-17(25-19(18)28)13-7-23-26(4)9-13/h7-9,12,14-15H,5-6,10-11H2,1-4H3. The molecule has 2 atom stereocenters. The van der Waals surface area contributed by atoms with Crippen molar-refractivity contribution in [3.63, 3.8) is 0 Å². The maximum Gasteiger partial charge on any atom is 0.410 e. The van der Waals surface area contributed by atoms with Gasteiger partial charge in [0.25, 0.3) is 0 Å². The van der Waals surface area contributed by atoms with Crippen molar-refractivity contribution >= 4 is 17.4 Å². The Balaban J connectivity index is 1.46. The first-order chi connectivity index (χ1) is 14.7. The molecule has 0 aliphatic carbocycles. The van der Waals surface area contributed by atoms with Gasteiger partial charge >= 0.3 is 6.09 Å². The Morgan fingerprint density at radius 2 is 1.84 bits per heavy atom. The second-order valence-corrected chi connectivity index (χ2v) is 9.32.